The molecule has 0 bridgehead atoms. The van der Waals surface area contributed by atoms with Crippen molar-refractivity contribution in [1.29, 1.82) is 0 Å². The second-order valence-corrected chi connectivity index (χ2v) is 9.58. The van der Waals surface area contributed by atoms with E-state index in [0.29, 0.717) is 5.65 Å². The Morgan fingerprint density at radius 1 is 0.844 bits per heavy atom. The lowest BCUT2D eigenvalue weighted by atomic mass is 9.87. The predicted molar refractivity (Wildman–Crippen MR) is 129 cm³/mol. The summed E-state index contributed by atoms with van der Waals surface area (Å²) in [5, 5.41) is 0. The number of hydrogen-bond donors (Lipinski definition) is 0. The maximum atomic E-state index is 5.49. The molecule has 1 aliphatic rings. The molecule has 0 amide bonds. The van der Waals surface area contributed by atoms with Crippen LogP contribution in [0.2, 0.25) is 0 Å². The molecule has 5 rings (SSSR count). The molecule has 0 unspecified atom stereocenters. The van der Waals surface area contributed by atoms with Crippen LogP contribution in [0.3, 0.4) is 0 Å². The van der Waals surface area contributed by atoms with Crippen LogP contribution in [0.15, 0.2) is 48.5 Å². The van der Waals surface area contributed by atoms with E-state index in [0.717, 1.165) is 73.9 Å². The van der Waals surface area contributed by atoms with Crippen LogP contribution >= 0.6 is 0 Å². The van der Waals surface area contributed by atoms with Gasteiger partial charge in [0.1, 0.15) is 5.82 Å². The minimum Gasteiger partial charge on any atom is -0.379 e. The summed E-state index contributed by atoms with van der Waals surface area (Å²) in [7, 11) is 0. The molecule has 0 aliphatic carbocycles. The molecule has 0 saturated carbocycles. The van der Waals surface area contributed by atoms with E-state index >= 15 is 0 Å². The number of aryl methyl sites for hydroxylation is 1. The summed E-state index contributed by atoms with van der Waals surface area (Å²) in [4.78, 5) is 17.2. The lowest BCUT2D eigenvalue weighted by Crippen LogP contribution is -2.37. The third-order valence-corrected chi connectivity index (χ3v) is 6.23. The summed E-state index contributed by atoms with van der Waals surface area (Å²) < 4.78 is 7.74. The van der Waals surface area contributed by atoms with E-state index in [1.165, 1.54) is 5.56 Å². The van der Waals surface area contributed by atoms with Crippen molar-refractivity contribution < 1.29 is 4.74 Å². The van der Waals surface area contributed by atoms with Crippen molar-refractivity contribution in [3.05, 3.63) is 54.1 Å². The fraction of sp³-hybridized carbons (Fsp3) is 0.423. The topological polar surface area (TPSA) is 56.1 Å². The largest absolute Gasteiger partial charge is 0.379 e. The molecule has 32 heavy (non-hydrogen) atoms. The van der Waals surface area contributed by atoms with Crippen molar-refractivity contribution in [3.8, 4) is 11.4 Å². The van der Waals surface area contributed by atoms with Crippen molar-refractivity contribution in [2.75, 3.05) is 32.8 Å². The van der Waals surface area contributed by atoms with E-state index in [-0.39, 0.29) is 5.41 Å². The van der Waals surface area contributed by atoms with Crippen LogP contribution in [0, 0.1) is 0 Å². The van der Waals surface area contributed by atoms with Gasteiger partial charge in [-0.05, 0) is 29.5 Å². The molecule has 0 radical (unpaired) electrons. The number of imidazole rings is 1. The summed E-state index contributed by atoms with van der Waals surface area (Å²) >= 11 is 0. The monoisotopic (exact) mass is 429 g/mol. The van der Waals surface area contributed by atoms with Gasteiger partial charge in [0.05, 0.1) is 24.2 Å². The minimum absolute atomic E-state index is 0.123. The number of fused-ring (bicyclic) bond motifs is 2. The van der Waals surface area contributed by atoms with Gasteiger partial charge in [0.2, 0.25) is 0 Å². The Morgan fingerprint density at radius 3 is 2.22 bits per heavy atom. The minimum atomic E-state index is 0.123. The van der Waals surface area contributed by atoms with Gasteiger partial charge in [-0.1, -0.05) is 57.2 Å². The number of ether oxygens (including phenoxy) is 1. The van der Waals surface area contributed by atoms with E-state index in [1.807, 2.05) is 24.3 Å². The summed E-state index contributed by atoms with van der Waals surface area (Å²) in [5.74, 6) is 0.942. The second kappa shape index (κ2) is 8.60. The molecule has 2 aromatic heterocycles. The molecule has 6 nitrogen and oxygen atoms in total. The Kier molecular flexibility index (Phi) is 5.66. The van der Waals surface area contributed by atoms with Gasteiger partial charge in [-0.2, -0.15) is 0 Å². The number of rotatable bonds is 5. The van der Waals surface area contributed by atoms with Gasteiger partial charge in [0, 0.05) is 31.7 Å². The van der Waals surface area contributed by atoms with Gasteiger partial charge in [0.25, 0.3) is 0 Å². The number of aromatic nitrogens is 4. The molecular formula is C26H31N5O. The molecule has 0 spiro atoms. The number of benzene rings is 2. The maximum Gasteiger partial charge on any atom is 0.198 e. The maximum absolute atomic E-state index is 5.49. The highest BCUT2D eigenvalue weighted by Gasteiger charge is 2.18. The summed E-state index contributed by atoms with van der Waals surface area (Å²) in [5.41, 5.74) is 5.91. The molecule has 0 atom stereocenters. The van der Waals surface area contributed by atoms with Gasteiger partial charge in [-0.3, -0.25) is 4.90 Å². The van der Waals surface area contributed by atoms with Crippen LogP contribution < -0.4 is 0 Å². The summed E-state index contributed by atoms with van der Waals surface area (Å²) in [6, 6.07) is 16.8. The van der Waals surface area contributed by atoms with Crippen LogP contribution in [0.4, 0.5) is 0 Å². The Bertz CT molecular complexity index is 1220. The normalized spacial score (nSPS) is 15.6. The van der Waals surface area contributed by atoms with E-state index < -0.39 is 0 Å². The van der Waals surface area contributed by atoms with Crippen LogP contribution in [-0.4, -0.2) is 57.3 Å². The Morgan fingerprint density at radius 2 is 1.53 bits per heavy atom. The van der Waals surface area contributed by atoms with Gasteiger partial charge in [-0.25, -0.2) is 15.0 Å². The van der Waals surface area contributed by atoms with E-state index in [2.05, 4.69) is 54.5 Å². The number of nitrogens with zero attached hydrogens (tertiary/aromatic N) is 5. The highest BCUT2D eigenvalue weighted by Crippen LogP contribution is 2.28. The number of morpholine rings is 1. The smallest absolute Gasteiger partial charge is 0.198 e. The van der Waals surface area contributed by atoms with Gasteiger partial charge < -0.3 is 9.30 Å². The molecule has 2 aromatic carbocycles. The second-order valence-electron chi connectivity index (χ2n) is 9.58. The number of para-hydroxylation sites is 2. The van der Waals surface area contributed by atoms with Crippen molar-refractivity contribution >= 4 is 22.3 Å². The molecule has 0 N–H and O–H groups in total. The van der Waals surface area contributed by atoms with Crippen LogP contribution in [0.5, 0.6) is 0 Å². The zero-order chi connectivity index (χ0) is 22.1. The Labute approximate surface area is 189 Å². The Hall–Kier alpha value is -2.83. The average molecular weight is 430 g/mol. The van der Waals surface area contributed by atoms with Crippen LogP contribution in [-0.2, 0) is 16.7 Å². The molecule has 4 aromatic rings. The molecule has 1 fully saturated rings. The average Bonchev–Trinajstić information content (AvgIpc) is 3.15. The van der Waals surface area contributed by atoms with Crippen molar-refractivity contribution in [2.24, 2.45) is 0 Å². The van der Waals surface area contributed by atoms with E-state index in [9.17, 15) is 0 Å². The first-order valence-corrected chi connectivity index (χ1v) is 11.5. The number of hydrogen-bond acceptors (Lipinski definition) is 5. The predicted octanol–water partition coefficient (Wildman–Crippen LogP) is 4.67. The molecule has 3 heterocycles. The third-order valence-electron chi connectivity index (χ3n) is 6.23. The SMILES string of the molecule is CC(C)(C)c1ccc(-c2nc3nc4ccccc4nc3n2CCCN2CCOCC2)cc1. The molecule has 1 saturated heterocycles. The van der Waals surface area contributed by atoms with Gasteiger partial charge in [0.15, 0.2) is 11.3 Å². The summed E-state index contributed by atoms with van der Waals surface area (Å²) in [6.07, 6.45) is 1.03. The first kappa shape index (κ1) is 21.0. The third kappa shape index (κ3) is 4.25. The molecule has 6 heteroatoms. The molecule has 166 valence electrons. The molecular weight excluding hydrogens is 398 g/mol. The van der Waals surface area contributed by atoms with Gasteiger partial charge >= 0.3 is 0 Å². The zero-order valence-corrected chi connectivity index (χ0v) is 19.2. The fourth-order valence-corrected chi connectivity index (χ4v) is 4.33. The molecule has 1 aliphatic heterocycles. The lowest BCUT2D eigenvalue weighted by Gasteiger charge is -2.26. The van der Waals surface area contributed by atoms with E-state index in [4.69, 9.17) is 19.7 Å². The van der Waals surface area contributed by atoms with Crippen molar-refractivity contribution in [3.63, 3.8) is 0 Å². The fourth-order valence-electron chi connectivity index (χ4n) is 4.33. The first-order chi connectivity index (χ1) is 15.5. The van der Waals surface area contributed by atoms with Crippen molar-refractivity contribution in [2.45, 2.75) is 39.2 Å². The first-order valence-electron chi connectivity index (χ1n) is 11.5. The zero-order valence-electron chi connectivity index (χ0n) is 19.2. The van der Waals surface area contributed by atoms with E-state index in [1.54, 1.807) is 0 Å². The lowest BCUT2D eigenvalue weighted by molar-refractivity contribution is 0.0370. The highest BCUT2D eigenvalue weighted by atomic mass is 16.5. The highest BCUT2D eigenvalue weighted by molar-refractivity contribution is 5.84. The van der Waals surface area contributed by atoms with Crippen LogP contribution in [0.1, 0.15) is 32.8 Å². The van der Waals surface area contributed by atoms with Crippen LogP contribution in [0.25, 0.3) is 33.7 Å². The van der Waals surface area contributed by atoms with Gasteiger partial charge in [-0.15, -0.1) is 0 Å². The summed E-state index contributed by atoms with van der Waals surface area (Å²) in [6.45, 7) is 12.3. The quantitative estimate of drug-likeness (QED) is 0.462. The Balaban J connectivity index is 1.52. The standard InChI is InChI=1S/C26H31N5O/c1-26(2,3)20-11-9-19(10-12-20)24-29-23-25(28-22-8-5-4-7-21(22)27-23)31(24)14-6-13-30-15-17-32-18-16-30/h4-5,7-12H,6,13-18H2,1-3H3. The van der Waals surface area contributed by atoms with Crippen molar-refractivity contribution in [1.82, 2.24) is 24.4 Å².